The molecule has 4 heteroatoms. The number of rotatable bonds is 2. The summed E-state index contributed by atoms with van der Waals surface area (Å²) in [6.45, 7) is 0. The third-order valence-electron chi connectivity index (χ3n) is 3.09. The first-order valence-electron chi connectivity index (χ1n) is 6.36. The SMILES string of the molecule is O=c1cc(/C=C/c2ccc(O)cc2O)oc2ccccc12. The van der Waals surface area contributed by atoms with Crippen LogP contribution in [0.3, 0.4) is 0 Å². The summed E-state index contributed by atoms with van der Waals surface area (Å²) in [5.41, 5.74) is 0.912. The number of aromatic hydroxyl groups is 2. The molecule has 4 nitrogen and oxygen atoms in total. The van der Waals surface area contributed by atoms with Crippen LogP contribution in [0.15, 0.2) is 57.7 Å². The Morgan fingerprint density at radius 1 is 0.952 bits per heavy atom. The number of phenolic OH excluding ortho intramolecular Hbond substituents is 2. The molecule has 104 valence electrons. The van der Waals surface area contributed by atoms with Crippen LogP contribution in [-0.4, -0.2) is 10.2 Å². The van der Waals surface area contributed by atoms with E-state index >= 15 is 0 Å². The molecule has 2 aromatic carbocycles. The van der Waals surface area contributed by atoms with E-state index in [9.17, 15) is 15.0 Å². The molecule has 0 spiro atoms. The van der Waals surface area contributed by atoms with Crippen LogP contribution >= 0.6 is 0 Å². The molecule has 2 N–H and O–H groups in total. The first-order chi connectivity index (χ1) is 10.1. The van der Waals surface area contributed by atoms with Crippen LogP contribution in [0.2, 0.25) is 0 Å². The summed E-state index contributed by atoms with van der Waals surface area (Å²) in [5, 5.41) is 19.5. The highest BCUT2D eigenvalue weighted by Gasteiger charge is 2.03. The number of para-hydroxylation sites is 1. The minimum Gasteiger partial charge on any atom is -0.508 e. The zero-order chi connectivity index (χ0) is 14.8. The quantitative estimate of drug-likeness (QED) is 0.755. The number of benzene rings is 2. The number of hydrogen-bond acceptors (Lipinski definition) is 4. The maximum Gasteiger partial charge on any atom is 0.193 e. The fraction of sp³-hybridized carbons (Fsp3) is 0. The van der Waals surface area contributed by atoms with E-state index in [1.165, 1.54) is 18.2 Å². The summed E-state index contributed by atoms with van der Waals surface area (Å²) < 4.78 is 5.61. The van der Waals surface area contributed by atoms with E-state index in [0.29, 0.717) is 22.3 Å². The van der Waals surface area contributed by atoms with Gasteiger partial charge in [0.05, 0.1) is 5.39 Å². The Labute approximate surface area is 120 Å². The molecule has 0 aliphatic carbocycles. The van der Waals surface area contributed by atoms with Gasteiger partial charge in [-0.1, -0.05) is 12.1 Å². The van der Waals surface area contributed by atoms with Crippen LogP contribution in [0.5, 0.6) is 11.5 Å². The molecule has 1 aromatic heterocycles. The second-order valence-electron chi connectivity index (χ2n) is 4.59. The van der Waals surface area contributed by atoms with Crippen molar-refractivity contribution in [2.45, 2.75) is 0 Å². The summed E-state index contributed by atoms with van der Waals surface area (Å²) in [6, 6.07) is 12.7. The Morgan fingerprint density at radius 2 is 1.76 bits per heavy atom. The molecule has 0 aliphatic heterocycles. The lowest BCUT2D eigenvalue weighted by Crippen LogP contribution is -1.99. The molecular formula is C17H12O4. The molecule has 0 amide bonds. The maximum absolute atomic E-state index is 11.9. The van der Waals surface area contributed by atoms with Gasteiger partial charge in [0.2, 0.25) is 0 Å². The first kappa shape index (κ1) is 13.0. The van der Waals surface area contributed by atoms with Gasteiger partial charge in [-0.2, -0.15) is 0 Å². The lowest BCUT2D eigenvalue weighted by molar-refractivity contribution is 0.450. The molecule has 0 fully saturated rings. The number of phenols is 2. The van der Waals surface area contributed by atoms with Crippen molar-refractivity contribution in [1.29, 1.82) is 0 Å². The molecule has 1 heterocycles. The predicted octanol–water partition coefficient (Wildman–Crippen LogP) is 3.37. The van der Waals surface area contributed by atoms with Crippen LogP contribution in [0, 0.1) is 0 Å². The monoisotopic (exact) mass is 280 g/mol. The van der Waals surface area contributed by atoms with E-state index in [4.69, 9.17) is 4.42 Å². The van der Waals surface area contributed by atoms with Gasteiger partial charge in [-0.3, -0.25) is 4.79 Å². The van der Waals surface area contributed by atoms with Crippen LogP contribution in [0.1, 0.15) is 11.3 Å². The summed E-state index contributed by atoms with van der Waals surface area (Å²) >= 11 is 0. The highest BCUT2D eigenvalue weighted by atomic mass is 16.3. The fourth-order valence-electron chi connectivity index (χ4n) is 2.05. The lowest BCUT2D eigenvalue weighted by atomic mass is 10.1. The Bertz CT molecular complexity index is 891. The molecule has 3 aromatic rings. The van der Waals surface area contributed by atoms with Crippen molar-refractivity contribution in [3.05, 3.63) is 70.1 Å². The average molecular weight is 280 g/mol. The third kappa shape index (κ3) is 2.65. The maximum atomic E-state index is 11.9. The van der Waals surface area contributed by atoms with Gasteiger partial charge in [-0.25, -0.2) is 0 Å². The van der Waals surface area contributed by atoms with E-state index < -0.39 is 0 Å². The van der Waals surface area contributed by atoms with E-state index in [0.717, 1.165) is 0 Å². The highest BCUT2D eigenvalue weighted by molar-refractivity contribution is 5.78. The van der Waals surface area contributed by atoms with Gasteiger partial charge in [0.1, 0.15) is 22.8 Å². The van der Waals surface area contributed by atoms with Gasteiger partial charge < -0.3 is 14.6 Å². The van der Waals surface area contributed by atoms with Gasteiger partial charge in [-0.05, 0) is 36.4 Å². The van der Waals surface area contributed by atoms with Crippen LogP contribution in [0.4, 0.5) is 0 Å². The molecule has 0 aliphatic rings. The molecule has 21 heavy (non-hydrogen) atoms. The molecule has 0 radical (unpaired) electrons. The van der Waals surface area contributed by atoms with E-state index in [-0.39, 0.29) is 16.9 Å². The standard InChI is InChI=1S/C17H12O4/c18-12-7-5-11(15(19)9-12)6-8-13-10-16(20)14-3-1-2-4-17(14)21-13/h1-10,18-19H/b8-6+. The van der Waals surface area contributed by atoms with Crippen LogP contribution < -0.4 is 5.43 Å². The zero-order valence-corrected chi connectivity index (χ0v) is 11.0. The van der Waals surface area contributed by atoms with E-state index in [1.54, 1.807) is 42.5 Å². The molecule has 0 saturated heterocycles. The van der Waals surface area contributed by atoms with E-state index in [2.05, 4.69) is 0 Å². The van der Waals surface area contributed by atoms with Crippen LogP contribution in [0.25, 0.3) is 23.1 Å². The van der Waals surface area contributed by atoms with Gasteiger partial charge in [0, 0.05) is 17.7 Å². The normalized spacial score (nSPS) is 11.2. The van der Waals surface area contributed by atoms with Gasteiger partial charge in [0.15, 0.2) is 5.43 Å². The topological polar surface area (TPSA) is 70.7 Å². The summed E-state index contributed by atoms with van der Waals surface area (Å²) in [6.07, 6.45) is 3.21. The molecule has 3 rings (SSSR count). The Morgan fingerprint density at radius 3 is 2.57 bits per heavy atom. The molecule has 0 saturated carbocycles. The highest BCUT2D eigenvalue weighted by Crippen LogP contribution is 2.24. The second-order valence-corrected chi connectivity index (χ2v) is 4.59. The van der Waals surface area contributed by atoms with Crippen molar-refractivity contribution in [1.82, 2.24) is 0 Å². The van der Waals surface area contributed by atoms with Crippen LogP contribution in [-0.2, 0) is 0 Å². The van der Waals surface area contributed by atoms with Gasteiger partial charge in [-0.15, -0.1) is 0 Å². The third-order valence-corrected chi connectivity index (χ3v) is 3.09. The summed E-state index contributed by atoms with van der Waals surface area (Å²) in [5.74, 6) is 0.336. The summed E-state index contributed by atoms with van der Waals surface area (Å²) in [7, 11) is 0. The minimum absolute atomic E-state index is 0.0121. The van der Waals surface area contributed by atoms with Crippen molar-refractivity contribution in [2.24, 2.45) is 0 Å². The lowest BCUT2D eigenvalue weighted by Gasteiger charge is -2.00. The van der Waals surface area contributed by atoms with Crippen molar-refractivity contribution < 1.29 is 14.6 Å². The predicted molar refractivity (Wildman–Crippen MR) is 81.2 cm³/mol. The Kier molecular flexibility index (Phi) is 3.20. The van der Waals surface area contributed by atoms with Crippen molar-refractivity contribution >= 4 is 23.1 Å². The largest absolute Gasteiger partial charge is 0.508 e. The summed E-state index contributed by atoms with van der Waals surface area (Å²) in [4.78, 5) is 11.9. The zero-order valence-electron chi connectivity index (χ0n) is 11.0. The Hall–Kier alpha value is -3.01. The molecule has 0 bridgehead atoms. The smallest absolute Gasteiger partial charge is 0.193 e. The van der Waals surface area contributed by atoms with Crippen molar-refractivity contribution in [3.8, 4) is 11.5 Å². The van der Waals surface area contributed by atoms with Crippen molar-refractivity contribution in [3.63, 3.8) is 0 Å². The van der Waals surface area contributed by atoms with Gasteiger partial charge in [0.25, 0.3) is 0 Å². The van der Waals surface area contributed by atoms with E-state index in [1.807, 2.05) is 0 Å². The average Bonchev–Trinajstić information content (AvgIpc) is 2.46. The first-order valence-corrected chi connectivity index (χ1v) is 6.36. The Balaban J connectivity index is 2.01. The fourth-order valence-corrected chi connectivity index (χ4v) is 2.05. The molecule has 0 atom stereocenters. The van der Waals surface area contributed by atoms with Crippen molar-refractivity contribution in [2.75, 3.05) is 0 Å². The molecular weight excluding hydrogens is 268 g/mol. The second kappa shape index (κ2) is 5.17. The number of fused-ring (bicyclic) bond motifs is 1. The molecule has 0 unspecified atom stereocenters. The minimum atomic E-state index is -0.119. The number of hydrogen-bond donors (Lipinski definition) is 2. The van der Waals surface area contributed by atoms with Gasteiger partial charge >= 0.3 is 0 Å².